The zero-order valence-electron chi connectivity index (χ0n) is 6.04. The van der Waals surface area contributed by atoms with Gasteiger partial charge in [0.2, 0.25) is 0 Å². The first-order valence-electron chi connectivity index (χ1n) is 3.49. The van der Waals surface area contributed by atoms with Crippen LogP contribution in [0, 0.1) is 0 Å². The van der Waals surface area contributed by atoms with E-state index < -0.39 is 19.8 Å². The summed E-state index contributed by atoms with van der Waals surface area (Å²) < 4.78 is 16.1. The van der Waals surface area contributed by atoms with E-state index in [-0.39, 0.29) is 0 Å². The Bertz CT molecular complexity index is 197. The van der Waals surface area contributed by atoms with Crippen LogP contribution >= 0.6 is 0 Å². The van der Waals surface area contributed by atoms with Gasteiger partial charge in [-0.25, -0.2) is 0 Å². The van der Waals surface area contributed by atoms with Gasteiger partial charge in [-0.15, -0.1) is 0 Å². The van der Waals surface area contributed by atoms with Crippen molar-refractivity contribution in [3.8, 4) is 0 Å². The summed E-state index contributed by atoms with van der Waals surface area (Å²) in [5, 5.41) is 0. The van der Waals surface area contributed by atoms with Crippen LogP contribution in [0.25, 0.3) is 0 Å². The fourth-order valence-electron chi connectivity index (χ4n) is 0.816. The van der Waals surface area contributed by atoms with Gasteiger partial charge in [0.25, 0.3) is 0 Å². The van der Waals surface area contributed by atoms with Gasteiger partial charge in [-0.2, -0.15) is 0 Å². The Kier molecular flexibility index (Phi) is 3.41. The Hall–Kier alpha value is 0.160. The van der Waals surface area contributed by atoms with E-state index in [1.54, 1.807) is 6.20 Å². The Morgan fingerprint density at radius 1 is 1.70 bits per heavy atom. The number of hydrogen-bond acceptors (Lipinski definition) is 2. The van der Waals surface area contributed by atoms with E-state index in [4.69, 9.17) is 0 Å². The quantitative estimate of drug-likeness (QED) is 0.726. The standard InChI is InChI=1S/C7H11NOTe/c1-2-3-4-7-5-6-8-10(7)9/h5-6H,2-4H2,1H3. The summed E-state index contributed by atoms with van der Waals surface area (Å²) in [5.74, 6) is 0. The molecule has 0 aromatic carbocycles. The molecular weight excluding hydrogens is 242 g/mol. The van der Waals surface area contributed by atoms with Gasteiger partial charge in [0, 0.05) is 0 Å². The van der Waals surface area contributed by atoms with Gasteiger partial charge in [-0.3, -0.25) is 0 Å². The third kappa shape index (κ3) is 2.09. The summed E-state index contributed by atoms with van der Waals surface area (Å²) in [5.41, 5.74) is 0. The fourth-order valence-corrected chi connectivity index (χ4v) is 3.11. The Morgan fingerprint density at radius 2 is 2.50 bits per heavy atom. The molecule has 0 saturated heterocycles. The normalized spacial score (nSPS) is 10.2. The van der Waals surface area contributed by atoms with E-state index in [2.05, 4.69) is 10.1 Å². The van der Waals surface area contributed by atoms with Gasteiger partial charge in [0.05, 0.1) is 0 Å². The first-order valence-corrected chi connectivity index (χ1v) is 6.65. The number of unbranched alkanes of at least 4 members (excludes halogenated alkanes) is 1. The maximum atomic E-state index is 11.1. The summed E-state index contributed by atoms with van der Waals surface area (Å²) in [7, 11) is 0. The maximum absolute atomic E-state index is 11.1. The summed E-state index contributed by atoms with van der Waals surface area (Å²) in [6.07, 6.45) is 5.00. The van der Waals surface area contributed by atoms with Crippen LogP contribution in [0.2, 0.25) is 0 Å². The first-order chi connectivity index (χ1) is 4.84. The molecule has 1 rings (SSSR count). The van der Waals surface area contributed by atoms with E-state index in [0.717, 1.165) is 16.4 Å². The van der Waals surface area contributed by atoms with E-state index in [1.165, 1.54) is 6.42 Å². The number of aryl methyl sites for hydroxylation is 1. The first kappa shape index (κ1) is 8.26. The van der Waals surface area contributed by atoms with E-state index in [1.807, 2.05) is 6.07 Å². The van der Waals surface area contributed by atoms with Crippen molar-refractivity contribution in [2.45, 2.75) is 26.2 Å². The van der Waals surface area contributed by atoms with E-state index >= 15 is 0 Å². The van der Waals surface area contributed by atoms with Crippen molar-refractivity contribution in [2.24, 2.45) is 0 Å². The predicted molar refractivity (Wildman–Crippen MR) is 39.8 cm³/mol. The average molecular weight is 253 g/mol. The molecule has 0 N–H and O–H groups in total. The predicted octanol–water partition coefficient (Wildman–Crippen LogP) is 0.292. The molecule has 10 heavy (non-hydrogen) atoms. The van der Waals surface area contributed by atoms with Gasteiger partial charge in [0.15, 0.2) is 0 Å². The minimum absolute atomic E-state index is 0.997. The number of aromatic nitrogens is 1. The van der Waals surface area contributed by atoms with E-state index in [9.17, 15) is 3.47 Å². The second kappa shape index (κ2) is 4.12. The Balaban J connectivity index is 2.49. The summed E-state index contributed by atoms with van der Waals surface area (Å²) >= 11 is -2.29. The molecule has 0 spiro atoms. The van der Waals surface area contributed by atoms with Crippen LogP contribution in [0.3, 0.4) is 0 Å². The molecular formula is C7H11NOTe. The number of nitrogens with zero attached hydrogens (tertiary/aromatic N) is 1. The van der Waals surface area contributed by atoms with Gasteiger partial charge in [-0.1, -0.05) is 0 Å². The van der Waals surface area contributed by atoms with Crippen molar-refractivity contribution in [3.63, 3.8) is 0 Å². The molecule has 2 nitrogen and oxygen atoms in total. The molecule has 0 amide bonds. The molecule has 0 aliphatic heterocycles. The van der Waals surface area contributed by atoms with Crippen LogP contribution in [0.5, 0.6) is 0 Å². The average Bonchev–Trinajstić information content (AvgIpc) is 2.31. The molecule has 0 saturated carbocycles. The molecule has 1 aromatic rings. The van der Waals surface area contributed by atoms with Crippen molar-refractivity contribution in [1.82, 2.24) is 3.21 Å². The molecule has 0 radical (unpaired) electrons. The molecule has 0 unspecified atom stereocenters. The van der Waals surface area contributed by atoms with Crippen molar-refractivity contribution in [2.75, 3.05) is 0 Å². The van der Waals surface area contributed by atoms with Crippen LogP contribution < -0.4 is 3.47 Å². The van der Waals surface area contributed by atoms with Crippen molar-refractivity contribution in [3.05, 3.63) is 15.8 Å². The summed E-state index contributed by atoms with van der Waals surface area (Å²) in [6.45, 7) is 2.14. The molecule has 1 heterocycles. The molecule has 0 aliphatic rings. The van der Waals surface area contributed by atoms with Crippen LogP contribution in [-0.2, 0) is 6.42 Å². The third-order valence-corrected chi connectivity index (χ3v) is 4.56. The van der Waals surface area contributed by atoms with Crippen LogP contribution in [0.4, 0.5) is 0 Å². The van der Waals surface area contributed by atoms with Gasteiger partial charge in [-0.05, 0) is 0 Å². The van der Waals surface area contributed by atoms with Crippen molar-refractivity contribution >= 4 is 19.8 Å². The fraction of sp³-hybridized carbons (Fsp3) is 0.571. The summed E-state index contributed by atoms with van der Waals surface area (Å²) in [6, 6.07) is 1.92. The topological polar surface area (TPSA) is 36.0 Å². The van der Waals surface area contributed by atoms with Crippen LogP contribution in [-0.4, -0.2) is 23.0 Å². The van der Waals surface area contributed by atoms with Gasteiger partial charge >= 0.3 is 68.5 Å². The number of hydrogen-bond donors (Lipinski definition) is 0. The second-order valence-electron chi connectivity index (χ2n) is 2.24. The number of rotatable bonds is 3. The van der Waals surface area contributed by atoms with Crippen molar-refractivity contribution < 1.29 is 3.47 Å². The molecule has 0 atom stereocenters. The molecule has 0 bridgehead atoms. The second-order valence-corrected chi connectivity index (χ2v) is 5.76. The molecule has 0 aliphatic carbocycles. The zero-order valence-corrected chi connectivity index (χ0v) is 8.37. The summed E-state index contributed by atoms with van der Waals surface area (Å²) in [4.78, 5) is 0. The Labute approximate surface area is 68.6 Å². The van der Waals surface area contributed by atoms with Crippen LogP contribution in [0.15, 0.2) is 12.3 Å². The SMILES string of the molecule is CCCCc1ccn[te+]1[O-]. The van der Waals surface area contributed by atoms with Crippen molar-refractivity contribution in [1.29, 1.82) is 0 Å². The van der Waals surface area contributed by atoms with Gasteiger partial charge in [0.1, 0.15) is 0 Å². The Morgan fingerprint density at radius 3 is 3.00 bits per heavy atom. The molecule has 56 valence electrons. The van der Waals surface area contributed by atoms with E-state index in [0.29, 0.717) is 0 Å². The monoisotopic (exact) mass is 255 g/mol. The van der Waals surface area contributed by atoms with Crippen LogP contribution in [0.1, 0.15) is 23.3 Å². The zero-order chi connectivity index (χ0) is 7.40. The van der Waals surface area contributed by atoms with Gasteiger partial charge < -0.3 is 0 Å². The minimum atomic E-state index is -2.29. The molecule has 3 heteroatoms. The molecule has 0 fully saturated rings. The molecule has 1 aromatic heterocycles. The third-order valence-electron chi connectivity index (χ3n) is 1.42.